The van der Waals surface area contributed by atoms with Crippen molar-refractivity contribution in [2.24, 2.45) is 0 Å². The minimum Gasteiger partial charge on any atom is -0.431 e. The van der Waals surface area contributed by atoms with Crippen molar-refractivity contribution < 1.29 is 8.81 Å². The molecule has 0 amide bonds. The van der Waals surface area contributed by atoms with Crippen molar-refractivity contribution in [3.8, 4) is 6.07 Å². The standard InChI is InChI=1S/C14H7BrFN3OS/c15-12-7(6-17)1-4-11(13(12)16)21-14-19-9-3-2-8(18)5-10(9)20-14/h1-5H,18H2. The summed E-state index contributed by atoms with van der Waals surface area (Å²) < 4.78 is 19.8. The molecule has 1 aromatic heterocycles. The lowest BCUT2D eigenvalue weighted by Crippen LogP contribution is -1.87. The van der Waals surface area contributed by atoms with E-state index in [0.717, 1.165) is 11.8 Å². The number of fused-ring (bicyclic) bond motifs is 1. The predicted molar refractivity (Wildman–Crippen MR) is 81.4 cm³/mol. The molecule has 21 heavy (non-hydrogen) atoms. The molecule has 2 aromatic carbocycles. The number of halogens is 2. The highest BCUT2D eigenvalue weighted by atomic mass is 79.9. The molecule has 0 atom stereocenters. The van der Waals surface area contributed by atoms with E-state index in [-0.39, 0.29) is 10.0 Å². The number of nitriles is 1. The third kappa shape index (κ3) is 2.60. The quantitative estimate of drug-likeness (QED) is 0.685. The van der Waals surface area contributed by atoms with Gasteiger partial charge in [0.25, 0.3) is 5.22 Å². The average molecular weight is 364 g/mol. The van der Waals surface area contributed by atoms with Gasteiger partial charge in [0, 0.05) is 11.8 Å². The number of hydrogen-bond acceptors (Lipinski definition) is 5. The lowest BCUT2D eigenvalue weighted by Gasteiger charge is -2.02. The van der Waals surface area contributed by atoms with Gasteiger partial charge in [-0.1, -0.05) is 0 Å². The van der Waals surface area contributed by atoms with Crippen molar-refractivity contribution in [3.05, 3.63) is 46.2 Å². The van der Waals surface area contributed by atoms with Crippen LogP contribution in [0, 0.1) is 17.1 Å². The Morgan fingerprint density at radius 1 is 1.33 bits per heavy atom. The Morgan fingerprint density at radius 3 is 2.90 bits per heavy atom. The molecule has 4 nitrogen and oxygen atoms in total. The summed E-state index contributed by atoms with van der Waals surface area (Å²) in [5.74, 6) is -0.513. The zero-order valence-corrected chi connectivity index (χ0v) is 12.8. The lowest BCUT2D eigenvalue weighted by atomic mass is 10.2. The van der Waals surface area contributed by atoms with Crippen molar-refractivity contribution in [2.45, 2.75) is 10.1 Å². The van der Waals surface area contributed by atoms with Crippen LogP contribution in [0.3, 0.4) is 0 Å². The van der Waals surface area contributed by atoms with Gasteiger partial charge in [-0.15, -0.1) is 0 Å². The number of oxazole rings is 1. The summed E-state index contributed by atoms with van der Waals surface area (Å²) in [4.78, 5) is 4.58. The Morgan fingerprint density at radius 2 is 2.14 bits per heavy atom. The third-order valence-corrected chi connectivity index (χ3v) is 4.42. The summed E-state index contributed by atoms with van der Waals surface area (Å²) in [5, 5.41) is 9.16. The smallest absolute Gasteiger partial charge is 0.261 e. The first-order chi connectivity index (χ1) is 10.1. The van der Waals surface area contributed by atoms with Gasteiger partial charge in [0.15, 0.2) is 11.4 Å². The van der Waals surface area contributed by atoms with Gasteiger partial charge < -0.3 is 10.2 Å². The predicted octanol–water partition coefficient (Wildman–Crippen LogP) is 4.33. The highest BCUT2D eigenvalue weighted by molar-refractivity contribution is 9.10. The van der Waals surface area contributed by atoms with Gasteiger partial charge in [-0.2, -0.15) is 5.26 Å². The lowest BCUT2D eigenvalue weighted by molar-refractivity contribution is 0.488. The van der Waals surface area contributed by atoms with E-state index in [0.29, 0.717) is 26.9 Å². The van der Waals surface area contributed by atoms with Gasteiger partial charge in [0.05, 0.1) is 14.9 Å². The van der Waals surface area contributed by atoms with Crippen molar-refractivity contribution in [1.29, 1.82) is 5.26 Å². The van der Waals surface area contributed by atoms with E-state index in [1.54, 1.807) is 18.2 Å². The zero-order chi connectivity index (χ0) is 15.0. The molecule has 0 fully saturated rings. The van der Waals surface area contributed by atoms with Crippen LogP contribution in [-0.2, 0) is 0 Å². The molecule has 3 aromatic rings. The highest BCUT2D eigenvalue weighted by Crippen LogP contribution is 2.35. The molecule has 0 aliphatic carbocycles. The normalized spacial score (nSPS) is 10.7. The molecular weight excluding hydrogens is 357 g/mol. The van der Waals surface area contributed by atoms with Crippen LogP contribution in [0.1, 0.15) is 5.56 Å². The summed E-state index contributed by atoms with van der Waals surface area (Å²) in [7, 11) is 0. The fourth-order valence-corrected chi connectivity index (χ4v) is 3.11. The number of anilines is 1. The molecule has 0 saturated heterocycles. The Bertz CT molecular complexity index is 888. The summed E-state index contributed by atoms with van der Waals surface area (Å²) in [6.45, 7) is 0. The first-order valence-corrected chi connectivity index (χ1v) is 7.41. The summed E-state index contributed by atoms with van der Waals surface area (Å²) in [6.07, 6.45) is 0. The van der Waals surface area contributed by atoms with Crippen LogP contribution in [0.2, 0.25) is 0 Å². The number of hydrogen-bond donors (Lipinski definition) is 1. The molecule has 0 aliphatic heterocycles. The number of nitrogens with zero attached hydrogens (tertiary/aromatic N) is 2. The maximum atomic E-state index is 14.1. The van der Waals surface area contributed by atoms with E-state index in [2.05, 4.69) is 20.9 Å². The fourth-order valence-electron chi connectivity index (χ4n) is 1.75. The fraction of sp³-hybridized carbons (Fsp3) is 0. The molecule has 2 N–H and O–H groups in total. The van der Waals surface area contributed by atoms with Crippen molar-refractivity contribution >= 4 is 44.5 Å². The van der Waals surface area contributed by atoms with E-state index in [1.165, 1.54) is 12.1 Å². The van der Waals surface area contributed by atoms with E-state index in [4.69, 9.17) is 15.4 Å². The van der Waals surface area contributed by atoms with E-state index in [9.17, 15) is 4.39 Å². The summed E-state index contributed by atoms with van der Waals surface area (Å²) >= 11 is 4.12. The molecule has 3 rings (SSSR count). The van der Waals surface area contributed by atoms with Gasteiger partial charge in [0.1, 0.15) is 11.6 Å². The highest BCUT2D eigenvalue weighted by Gasteiger charge is 2.15. The molecule has 0 radical (unpaired) electrons. The van der Waals surface area contributed by atoms with E-state index >= 15 is 0 Å². The van der Waals surface area contributed by atoms with Crippen LogP contribution < -0.4 is 5.73 Å². The van der Waals surface area contributed by atoms with Crippen molar-refractivity contribution in [3.63, 3.8) is 0 Å². The monoisotopic (exact) mass is 363 g/mol. The molecule has 0 aliphatic rings. The van der Waals surface area contributed by atoms with Gasteiger partial charge in [-0.3, -0.25) is 0 Å². The SMILES string of the molecule is N#Cc1ccc(Sc2nc3ccc(N)cc3o2)c(F)c1Br. The first kappa shape index (κ1) is 13.9. The molecular formula is C14H7BrFN3OS. The Kier molecular flexibility index (Phi) is 3.57. The molecule has 0 spiro atoms. The first-order valence-electron chi connectivity index (χ1n) is 5.80. The van der Waals surface area contributed by atoms with Gasteiger partial charge in [-0.25, -0.2) is 9.37 Å². The van der Waals surface area contributed by atoms with Crippen LogP contribution in [0.5, 0.6) is 0 Å². The van der Waals surface area contributed by atoms with Gasteiger partial charge >= 0.3 is 0 Å². The van der Waals surface area contributed by atoms with Crippen LogP contribution in [0.25, 0.3) is 11.1 Å². The van der Waals surface area contributed by atoms with Gasteiger partial charge in [-0.05, 0) is 52.0 Å². The molecule has 1 heterocycles. The maximum Gasteiger partial charge on any atom is 0.261 e. The number of nitrogens with two attached hydrogens (primary N) is 1. The van der Waals surface area contributed by atoms with Crippen molar-refractivity contribution in [2.75, 3.05) is 5.73 Å². The second-order valence-corrected chi connectivity index (χ2v) is 5.95. The summed E-state index contributed by atoms with van der Waals surface area (Å²) in [6, 6.07) is 10.1. The number of rotatable bonds is 2. The zero-order valence-electron chi connectivity index (χ0n) is 10.4. The van der Waals surface area contributed by atoms with Crippen LogP contribution in [-0.4, -0.2) is 4.98 Å². The Balaban J connectivity index is 1.99. The Hall–Kier alpha value is -2.04. The van der Waals surface area contributed by atoms with Gasteiger partial charge in [0.2, 0.25) is 0 Å². The largest absolute Gasteiger partial charge is 0.431 e. The van der Waals surface area contributed by atoms with Crippen LogP contribution in [0.15, 0.2) is 49.3 Å². The topological polar surface area (TPSA) is 75.8 Å². The van der Waals surface area contributed by atoms with Crippen molar-refractivity contribution in [1.82, 2.24) is 4.98 Å². The minimum absolute atomic E-state index is 0.135. The Labute approximate surface area is 131 Å². The average Bonchev–Trinajstić information content (AvgIpc) is 2.85. The molecule has 7 heteroatoms. The van der Waals surface area contributed by atoms with E-state index in [1.807, 2.05) is 6.07 Å². The van der Waals surface area contributed by atoms with Crippen LogP contribution in [0.4, 0.5) is 10.1 Å². The second-order valence-electron chi connectivity index (χ2n) is 4.16. The number of aromatic nitrogens is 1. The third-order valence-electron chi connectivity index (χ3n) is 2.76. The maximum absolute atomic E-state index is 14.1. The van der Waals surface area contributed by atoms with E-state index < -0.39 is 5.82 Å². The summed E-state index contributed by atoms with van der Waals surface area (Å²) in [5.41, 5.74) is 7.68. The number of benzene rings is 2. The molecule has 104 valence electrons. The number of nitrogen functional groups attached to an aromatic ring is 1. The van der Waals surface area contributed by atoms with Crippen LogP contribution >= 0.6 is 27.7 Å². The second kappa shape index (κ2) is 5.39. The molecule has 0 bridgehead atoms. The molecule has 0 unspecified atom stereocenters. The minimum atomic E-state index is -0.513. The molecule has 0 saturated carbocycles.